The second kappa shape index (κ2) is 11.5. The van der Waals surface area contributed by atoms with Crippen LogP contribution in [0.25, 0.3) is 5.57 Å². The van der Waals surface area contributed by atoms with Crippen molar-refractivity contribution < 1.29 is 11.3 Å². The van der Waals surface area contributed by atoms with Crippen LogP contribution in [0.5, 0.6) is 0 Å². The van der Waals surface area contributed by atoms with Gasteiger partial charge in [-0.1, -0.05) is 49.4 Å². The summed E-state index contributed by atoms with van der Waals surface area (Å²) in [6, 6.07) is 14.3. The number of carboxylic acid groups (broad SMARTS) is 1. The Kier molecular flexibility index (Phi) is 9.78. The van der Waals surface area contributed by atoms with Crippen LogP contribution in [0.15, 0.2) is 48.5 Å². The fraction of sp³-hybridized carbons (Fsp3) is 0.391. The minimum Gasteiger partial charge on any atom is -1.00 e. The first-order valence-electron chi connectivity index (χ1n) is 9.27. The third-order valence-corrected chi connectivity index (χ3v) is 4.78. The zero-order valence-electron chi connectivity index (χ0n) is 17.0. The Labute approximate surface area is 174 Å². The first kappa shape index (κ1) is 23.7. The molecule has 28 heavy (non-hydrogen) atoms. The average Bonchev–Trinajstić information content (AvgIpc) is 3.15. The fourth-order valence-electron chi connectivity index (χ4n) is 3.29. The number of nitrogens with zero attached hydrogens (tertiary/aromatic N) is 2. The van der Waals surface area contributed by atoms with Crippen LogP contribution in [-0.4, -0.2) is 45.6 Å². The normalized spacial score (nSPS) is 14.2. The number of hydrogen-bond acceptors (Lipinski definition) is 4. The first-order valence-corrected chi connectivity index (χ1v) is 9.27. The van der Waals surface area contributed by atoms with Gasteiger partial charge in [0.1, 0.15) is 0 Å². The number of benzene rings is 1. The van der Waals surface area contributed by atoms with E-state index in [1.54, 1.807) is 0 Å². The van der Waals surface area contributed by atoms with Gasteiger partial charge in [0.05, 0.1) is 5.69 Å². The third-order valence-electron chi connectivity index (χ3n) is 4.78. The van der Waals surface area contributed by atoms with Gasteiger partial charge in [-0.15, -0.1) is 0 Å². The number of carbonyl (C=O) groups excluding carboxylic acids is 1. The summed E-state index contributed by atoms with van der Waals surface area (Å²) >= 11 is 0. The van der Waals surface area contributed by atoms with Crippen molar-refractivity contribution in [2.24, 2.45) is 0 Å². The molecule has 1 aromatic heterocycles. The van der Waals surface area contributed by atoms with E-state index in [-0.39, 0.29) is 25.4 Å². The second-order valence-electron chi connectivity index (χ2n) is 6.88. The van der Waals surface area contributed by atoms with Crippen molar-refractivity contribution in [1.82, 2.24) is 9.88 Å². The summed E-state index contributed by atoms with van der Waals surface area (Å²) < 4.78 is 0. The topological polar surface area (TPSA) is 56.3 Å². The maximum Gasteiger partial charge on any atom is 2.00 e. The zero-order chi connectivity index (χ0) is 18.4. The van der Waals surface area contributed by atoms with Crippen molar-refractivity contribution in [3.63, 3.8) is 0 Å². The molecule has 0 aliphatic carbocycles. The predicted molar refractivity (Wildman–Crippen MR) is 115 cm³/mol. The Balaban J connectivity index is 0.00000261. The third kappa shape index (κ3) is 6.70. The molecule has 0 bridgehead atoms. The number of aromatic nitrogens is 1. The van der Waals surface area contributed by atoms with Crippen LogP contribution in [0.1, 0.15) is 50.6 Å². The molecular formula is C23H30BeN2O2. The van der Waals surface area contributed by atoms with E-state index in [0.717, 1.165) is 42.2 Å². The fourth-order valence-corrected chi connectivity index (χ4v) is 3.29. The summed E-state index contributed by atoms with van der Waals surface area (Å²) in [6.07, 6.45) is 5.17. The van der Waals surface area contributed by atoms with Crippen molar-refractivity contribution in [3.8, 4) is 0 Å². The van der Waals surface area contributed by atoms with E-state index >= 15 is 0 Å². The zero-order valence-corrected chi connectivity index (χ0v) is 16.0. The number of hydrogen-bond donors (Lipinski definition) is 0. The molecule has 3 rings (SSSR count). The number of rotatable bonds is 7. The smallest absolute Gasteiger partial charge is 1.00 e. The van der Waals surface area contributed by atoms with Crippen molar-refractivity contribution in [1.29, 1.82) is 0 Å². The van der Waals surface area contributed by atoms with E-state index in [1.165, 1.54) is 18.4 Å². The molecule has 1 fully saturated rings. The molecule has 5 heteroatoms. The van der Waals surface area contributed by atoms with E-state index in [4.69, 9.17) is 4.98 Å². The second-order valence-corrected chi connectivity index (χ2v) is 6.88. The number of likely N-dealkylation sites (tertiary alicyclic amines) is 1. The summed E-state index contributed by atoms with van der Waals surface area (Å²) in [7, 11) is 0. The van der Waals surface area contributed by atoms with Gasteiger partial charge < -0.3 is 11.3 Å². The quantitative estimate of drug-likeness (QED) is 0.698. The van der Waals surface area contributed by atoms with E-state index in [2.05, 4.69) is 42.2 Å². The molecule has 0 amide bonds. The summed E-state index contributed by atoms with van der Waals surface area (Å²) in [4.78, 5) is 17.9. The summed E-state index contributed by atoms with van der Waals surface area (Å²) in [5.41, 5.74) is 5.14. The number of aryl methyl sites for hydroxylation is 2. The Morgan fingerprint density at radius 3 is 2.50 bits per heavy atom. The molecule has 1 aromatic carbocycles. The van der Waals surface area contributed by atoms with Gasteiger partial charge in [-0.25, -0.2) is 0 Å². The molecule has 146 valence electrons. The maximum absolute atomic E-state index is 10.7. The van der Waals surface area contributed by atoms with Crippen LogP contribution in [0, 0.1) is 6.92 Å². The van der Waals surface area contributed by atoms with Gasteiger partial charge in [0, 0.05) is 23.8 Å². The van der Waals surface area contributed by atoms with Gasteiger partial charge in [0.25, 0.3) is 0 Å². The molecule has 0 N–H and O–H groups in total. The van der Waals surface area contributed by atoms with Crippen LogP contribution in [0.2, 0.25) is 0 Å². The van der Waals surface area contributed by atoms with Crippen molar-refractivity contribution in [2.45, 2.75) is 40.0 Å². The standard InChI is InChI=1S/C22H26N2O2.CH4.Be.H/c1-17-7-9-18(10-8-17)20(13-16-24-14-2-3-15-24)21-6-4-5-19(23-21)11-12-22(25)26;;;/h4-10,13H,2-3,11-12,14-16H2,1H3,(H,25,26);1H4;;/q;;+2;-1/p-1/b20-13+;;;. The molecule has 1 saturated heterocycles. The van der Waals surface area contributed by atoms with Crippen LogP contribution in [0.4, 0.5) is 0 Å². The van der Waals surface area contributed by atoms with Crippen LogP contribution < -0.4 is 5.11 Å². The first-order chi connectivity index (χ1) is 12.6. The molecular weight excluding hydrogens is 345 g/mol. The summed E-state index contributed by atoms with van der Waals surface area (Å²) in [6.45, 7) is 5.29. The van der Waals surface area contributed by atoms with Gasteiger partial charge in [-0.3, -0.25) is 9.88 Å². The van der Waals surface area contributed by atoms with Gasteiger partial charge in [0.2, 0.25) is 0 Å². The van der Waals surface area contributed by atoms with Gasteiger partial charge in [-0.05, 0) is 63.4 Å². The molecule has 0 unspecified atom stereocenters. The Morgan fingerprint density at radius 2 is 1.86 bits per heavy atom. The molecule has 0 radical (unpaired) electrons. The number of carboxylic acids is 1. The SMILES string of the molecule is C.Cc1ccc(/C(=C\CN2CCCC2)c2cccc(CCC(=O)[O-])n2)cc1.[Be+2].[H-]. The van der Waals surface area contributed by atoms with Crippen LogP contribution in [0.3, 0.4) is 0 Å². The van der Waals surface area contributed by atoms with Gasteiger partial charge in [0.15, 0.2) is 0 Å². The average molecular weight is 376 g/mol. The Morgan fingerprint density at radius 1 is 1.18 bits per heavy atom. The van der Waals surface area contributed by atoms with Gasteiger partial charge >= 0.3 is 10.1 Å². The molecule has 1 aliphatic heterocycles. The minimum atomic E-state index is -1.04. The summed E-state index contributed by atoms with van der Waals surface area (Å²) in [5.74, 6) is -1.04. The molecule has 2 aromatic rings. The predicted octanol–water partition coefficient (Wildman–Crippen LogP) is 2.97. The van der Waals surface area contributed by atoms with E-state index in [1.807, 2.05) is 18.2 Å². The summed E-state index contributed by atoms with van der Waals surface area (Å²) in [5, 5.41) is 10.7. The van der Waals surface area contributed by atoms with E-state index in [9.17, 15) is 9.90 Å². The molecule has 0 atom stereocenters. The molecule has 0 spiro atoms. The van der Waals surface area contributed by atoms with Crippen LogP contribution in [-0.2, 0) is 11.2 Å². The molecule has 4 nitrogen and oxygen atoms in total. The maximum atomic E-state index is 10.7. The minimum absolute atomic E-state index is 0. The van der Waals surface area contributed by atoms with Crippen molar-refractivity contribution >= 4 is 21.7 Å². The molecule has 0 saturated carbocycles. The van der Waals surface area contributed by atoms with Crippen molar-refractivity contribution in [2.75, 3.05) is 19.6 Å². The number of pyridine rings is 1. The van der Waals surface area contributed by atoms with Crippen LogP contribution >= 0.6 is 0 Å². The molecule has 2 heterocycles. The van der Waals surface area contributed by atoms with E-state index in [0.29, 0.717) is 6.42 Å². The van der Waals surface area contributed by atoms with Crippen molar-refractivity contribution in [3.05, 3.63) is 71.1 Å². The monoisotopic (exact) mass is 375 g/mol. The van der Waals surface area contributed by atoms with E-state index < -0.39 is 5.97 Å². The number of carbonyl (C=O) groups is 1. The molecule has 1 aliphatic rings. The Hall–Kier alpha value is -2.29. The van der Waals surface area contributed by atoms with Gasteiger partial charge in [-0.2, -0.15) is 0 Å². The Bertz CT molecular complexity index is 788. The number of aliphatic carboxylic acids is 1. The largest absolute Gasteiger partial charge is 2.00 e.